The van der Waals surface area contributed by atoms with Gasteiger partial charge in [0.05, 0.1) is 17.2 Å². The van der Waals surface area contributed by atoms with Gasteiger partial charge in [-0.2, -0.15) is 0 Å². The lowest BCUT2D eigenvalue weighted by Gasteiger charge is -2.39. The standard InChI is InChI=1S/C20H20O6/c1-11-16(12-6-2-4-8-14(12)18(21)22)10-17(20(25)26-11)13-7-3-5-9-15(13)19(23)24/h2-9,11,16-17,20,25H,10H2,1H3,(H,21,22)(H,23,24)/t11-,16-,17+,20+/m0/s1. The van der Waals surface area contributed by atoms with Gasteiger partial charge in [0.15, 0.2) is 6.29 Å². The van der Waals surface area contributed by atoms with E-state index in [4.69, 9.17) is 4.74 Å². The van der Waals surface area contributed by atoms with Crippen LogP contribution in [0.25, 0.3) is 0 Å². The zero-order valence-corrected chi connectivity index (χ0v) is 14.2. The van der Waals surface area contributed by atoms with Gasteiger partial charge in [-0.1, -0.05) is 36.4 Å². The number of benzene rings is 2. The Labute approximate surface area is 150 Å². The van der Waals surface area contributed by atoms with Crippen molar-refractivity contribution < 1.29 is 29.6 Å². The molecule has 1 aliphatic heterocycles. The van der Waals surface area contributed by atoms with Gasteiger partial charge in [0.1, 0.15) is 0 Å². The van der Waals surface area contributed by atoms with Crippen LogP contribution >= 0.6 is 0 Å². The Hall–Kier alpha value is -2.70. The van der Waals surface area contributed by atoms with Crippen LogP contribution in [0.4, 0.5) is 0 Å². The van der Waals surface area contributed by atoms with E-state index in [1.165, 1.54) is 12.1 Å². The molecule has 1 aliphatic rings. The molecule has 0 bridgehead atoms. The number of carboxylic acids is 2. The smallest absolute Gasteiger partial charge is 0.335 e. The Morgan fingerprint density at radius 3 is 1.85 bits per heavy atom. The van der Waals surface area contributed by atoms with Crippen LogP contribution in [0, 0.1) is 0 Å². The first-order valence-electron chi connectivity index (χ1n) is 8.38. The van der Waals surface area contributed by atoms with Crippen LogP contribution in [0.3, 0.4) is 0 Å². The second-order valence-electron chi connectivity index (χ2n) is 6.47. The normalized spacial score (nSPS) is 25.6. The van der Waals surface area contributed by atoms with Gasteiger partial charge in [0, 0.05) is 11.8 Å². The minimum atomic E-state index is -1.15. The second kappa shape index (κ2) is 7.27. The van der Waals surface area contributed by atoms with E-state index in [1.807, 2.05) is 0 Å². The third-order valence-corrected chi connectivity index (χ3v) is 4.95. The number of carboxylic acid groups (broad SMARTS) is 2. The van der Waals surface area contributed by atoms with Crippen molar-refractivity contribution in [2.24, 2.45) is 0 Å². The molecule has 2 aromatic carbocycles. The van der Waals surface area contributed by atoms with Crippen LogP contribution in [-0.4, -0.2) is 39.7 Å². The van der Waals surface area contributed by atoms with Crippen LogP contribution in [0.5, 0.6) is 0 Å². The number of hydrogen-bond acceptors (Lipinski definition) is 4. The fraction of sp³-hybridized carbons (Fsp3) is 0.300. The maximum Gasteiger partial charge on any atom is 0.335 e. The van der Waals surface area contributed by atoms with Gasteiger partial charge >= 0.3 is 11.9 Å². The minimum absolute atomic E-state index is 0.111. The molecule has 4 atom stereocenters. The summed E-state index contributed by atoms with van der Waals surface area (Å²) in [5.74, 6) is -2.95. The van der Waals surface area contributed by atoms with Crippen LogP contribution in [0.15, 0.2) is 48.5 Å². The third-order valence-electron chi connectivity index (χ3n) is 4.95. The fourth-order valence-corrected chi connectivity index (χ4v) is 3.68. The average molecular weight is 356 g/mol. The first-order chi connectivity index (χ1) is 12.4. The van der Waals surface area contributed by atoms with Crippen molar-refractivity contribution >= 4 is 11.9 Å². The molecule has 0 aliphatic carbocycles. The number of rotatable bonds is 4. The topological polar surface area (TPSA) is 104 Å². The molecule has 0 spiro atoms. The largest absolute Gasteiger partial charge is 0.478 e. The van der Waals surface area contributed by atoms with E-state index < -0.39 is 30.3 Å². The highest BCUT2D eigenvalue weighted by Crippen LogP contribution is 2.42. The Bertz CT molecular complexity index is 763. The van der Waals surface area contributed by atoms with Crippen molar-refractivity contribution in [3.05, 3.63) is 70.8 Å². The maximum atomic E-state index is 11.6. The molecule has 3 N–H and O–H groups in total. The van der Waals surface area contributed by atoms with Gasteiger partial charge in [-0.3, -0.25) is 0 Å². The molecule has 2 aromatic rings. The predicted molar refractivity (Wildman–Crippen MR) is 93.5 cm³/mol. The summed E-state index contributed by atoms with van der Waals surface area (Å²) in [7, 11) is 0. The van der Waals surface area contributed by atoms with E-state index in [-0.39, 0.29) is 17.0 Å². The molecular weight excluding hydrogens is 336 g/mol. The van der Waals surface area contributed by atoms with Crippen molar-refractivity contribution in [2.45, 2.75) is 37.6 Å². The molecule has 1 heterocycles. The predicted octanol–water partition coefficient (Wildman–Crippen LogP) is 3.08. The molecule has 0 amide bonds. The zero-order chi connectivity index (χ0) is 18.8. The molecule has 0 radical (unpaired) electrons. The minimum Gasteiger partial charge on any atom is -0.478 e. The van der Waals surface area contributed by atoms with Crippen molar-refractivity contribution in [3.63, 3.8) is 0 Å². The van der Waals surface area contributed by atoms with E-state index in [9.17, 15) is 24.9 Å². The first kappa shape index (κ1) is 18.1. The van der Waals surface area contributed by atoms with E-state index >= 15 is 0 Å². The number of aromatic carboxylic acids is 2. The summed E-state index contributed by atoms with van der Waals surface area (Å²) in [4.78, 5) is 23.1. The Morgan fingerprint density at radius 1 is 0.885 bits per heavy atom. The summed E-state index contributed by atoms with van der Waals surface area (Å²) < 4.78 is 5.66. The number of aliphatic hydroxyl groups is 1. The number of carbonyl (C=O) groups is 2. The fourth-order valence-electron chi connectivity index (χ4n) is 3.68. The maximum absolute atomic E-state index is 11.6. The highest BCUT2D eigenvalue weighted by Gasteiger charge is 2.39. The highest BCUT2D eigenvalue weighted by molar-refractivity contribution is 5.90. The van der Waals surface area contributed by atoms with Crippen molar-refractivity contribution in [1.29, 1.82) is 0 Å². The average Bonchev–Trinajstić information content (AvgIpc) is 2.62. The summed E-state index contributed by atoms with van der Waals surface area (Å²) in [5, 5.41) is 29.3. The molecule has 136 valence electrons. The lowest BCUT2D eigenvalue weighted by Crippen LogP contribution is -2.38. The van der Waals surface area contributed by atoms with Gasteiger partial charge < -0.3 is 20.1 Å². The summed E-state index contributed by atoms with van der Waals surface area (Å²) >= 11 is 0. The summed E-state index contributed by atoms with van der Waals surface area (Å²) in [6, 6.07) is 13.2. The molecule has 0 unspecified atom stereocenters. The quantitative estimate of drug-likeness (QED) is 0.778. The molecule has 6 heteroatoms. The summed E-state index contributed by atoms with van der Waals surface area (Å²) in [6.07, 6.45) is -1.17. The van der Waals surface area contributed by atoms with Crippen molar-refractivity contribution in [3.8, 4) is 0 Å². The first-order valence-corrected chi connectivity index (χ1v) is 8.38. The van der Waals surface area contributed by atoms with Crippen LogP contribution in [-0.2, 0) is 4.74 Å². The van der Waals surface area contributed by atoms with Gasteiger partial charge in [-0.05, 0) is 36.6 Å². The van der Waals surface area contributed by atoms with E-state index in [0.717, 1.165) is 0 Å². The summed E-state index contributed by atoms with van der Waals surface area (Å²) in [5.41, 5.74) is 1.41. The van der Waals surface area contributed by atoms with Crippen molar-refractivity contribution in [2.75, 3.05) is 0 Å². The van der Waals surface area contributed by atoms with Crippen molar-refractivity contribution in [1.82, 2.24) is 0 Å². The van der Waals surface area contributed by atoms with Gasteiger partial charge in [0.2, 0.25) is 0 Å². The lowest BCUT2D eigenvalue weighted by molar-refractivity contribution is -0.176. The number of aliphatic hydroxyl groups excluding tert-OH is 1. The van der Waals surface area contributed by atoms with Gasteiger partial charge in [-0.25, -0.2) is 9.59 Å². The Balaban J connectivity index is 2.01. The number of ether oxygens (including phenoxy) is 1. The molecular formula is C20H20O6. The molecule has 3 rings (SSSR count). The van der Waals surface area contributed by atoms with Crippen LogP contribution in [0.2, 0.25) is 0 Å². The summed E-state index contributed by atoms with van der Waals surface area (Å²) in [6.45, 7) is 1.78. The zero-order valence-electron chi connectivity index (χ0n) is 14.2. The lowest BCUT2D eigenvalue weighted by atomic mass is 9.77. The van der Waals surface area contributed by atoms with E-state index in [2.05, 4.69) is 0 Å². The molecule has 26 heavy (non-hydrogen) atoms. The van der Waals surface area contributed by atoms with Gasteiger partial charge in [-0.15, -0.1) is 0 Å². The second-order valence-corrected chi connectivity index (χ2v) is 6.47. The molecule has 0 saturated carbocycles. The molecule has 6 nitrogen and oxygen atoms in total. The SMILES string of the molecule is C[C@@H]1O[C@@H](O)[C@@H](c2ccccc2C(=O)O)C[C@@H]1c1ccccc1C(=O)O. The highest BCUT2D eigenvalue weighted by atomic mass is 16.6. The van der Waals surface area contributed by atoms with Crippen LogP contribution in [0.1, 0.15) is 57.0 Å². The molecule has 1 saturated heterocycles. The van der Waals surface area contributed by atoms with E-state index in [0.29, 0.717) is 17.5 Å². The van der Waals surface area contributed by atoms with E-state index in [1.54, 1.807) is 43.3 Å². The molecule has 1 fully saturated rings. The van der Waals surface area contributed by atoms with Gasteiger partial charge in [0.25, 0.3) is 0 Å². The van der Waals surface area contributed by atoms with Crippen LogP contribution < -0.4 is 0 Å². The Morgan fingerprint density at radius 2 is 1.35 bits per heavy atom. The third kappa shape index (κ3) is 3.34. The number of hydrogen-bond donors (Lipinski definition) is 3. The molecule has 0 aromatic heterocycles. The monoisotopic (exact) mass is 356 g/mol. The Kier molecular flexibility index (Phi) is 5.06.